The van der Waals surface area contributed by atoms with Crippen molar-refractivity contribution in [2.24, 2.45) is 5.73 Å². The summed E-state index contributed by atoms with van der Waals surface area (Å²) in [7, 11) is 0. The van der Waals surface area contributed by atoms with E-state index in [1.54, 1.807) is 10.8 Å². The van der Waals surface area contributed by atoms with Crippen LogP contribution in [-0.4, -0.2) is 23.4 Å². The summed E-state index contributed by atoms with van der Waals surface area (Å²) in [6, 6.07) is 7.62. The number of halogens is 3. The molecular formula is C14H17F3N2O. The number of rotatable bonds is 5. The average Bonchev–Trinajstić information content (AvgIpc) is 2.71. The molecule has 0 saturated carbocycles. The van der Waals surface area contributed by atoms with Gasteiger partial charge in [-0.3, -0.25) is 0 Å². The number of hydrogen-bond acceptors (Lipinski definition) is 2. The van der Waals surface area contributed by atoms with E-state index in [0.717, 1.165) is 16.5 Å². The molecule has 0 fully saturated rings. The largest absolute Gasteiger partial charge is 0.411 e. The van der Waals surface area contributed by atoms with Gasteiger partial charge in [-0.25, -0.2) is 0 Å². The second-order valence-electron chi connectivity index (χ2n) is 4.91. The Hall–Kier alpha value is -1.53. The molecule has 0 aliphatic carbocycles. The van der Waals surface area contributed by atoms with Crippen molar-refractivity contribution in [3.63, 3.8) is 0 Å². The molecule has 6 heteroatoms. The van der Waals surface area contributed by atoms with E-state index in [-0.39, 0.29) is 12.8 Å². The average molecular weight is 286 g/mol. The summed E-state index contributed by atoms with van der Waals surface area (Å²) in [5.74, 6) is 0. The second kappa shape index (κ2) is 5.85. The fraction of sp³-hybridized carbons (Fsp3) is 0.429. The molecule has 110 valence electrons. The maximum atomic E-state index is 12.1. The maximum absolute atomic E-state index is 12.1. The van der Waals surface area contributed by atoms with E-state index < -0.39 is 12.8 Å². The maximum Gasteiger partial charge on any atom is 0.411 e. The summed E-state index contributed by atoms with van der Waals surface area (Å²) in [6.07, 6.45) is -1.91. The van der Waals surface area contributed by atoms with Crippen molar-refractivity contribution in [1.29, 1.82) is 0 Å². The molecular weight excluding hydrogens is 269 g/mol. The van der Waals surface area contributed by atoms with Crippen molar-refractivity contribution < 1.29 is 17.9 Å². The molecule has 1 atom stereocenters. The van der Waals surface area contributed by atoms with Gasteiger partial charge >= 0.3 is 6.18 Å². The number of nitrogens with two attached hydrogens (primary N) is 1. The molecule has 0 amide bonds. The number of aromatic nitrogens is 1. The minimum absolute atomic E-state index is 0.0138. The van der Waals surface area contributed by atoms with Crippen molar-refractivity contribution in [2.75, 3.05) is 6.61 Å². The smallest absolute Gasteiger partial charge is 0.351 e. The number of para-hydroxylation sites is 1. The minimum Gasteiger partial charge on any atom is -0.351 e. The van der Waals surface area contributed by atoms with Crippen molar-refractivity contribution >= 4 is 10.9 Å². The molecule has 1 aromatic heterocycles. The highest BCUT2D eigenvalue weighted by Crippen LogP contribution is 2.22. The second-order valence-corrected chi connectivity index (χ2v) is 4.91. The lowest BCUT2D eigenvalue weighted by Crippen LogP contribution is -2.19. The number of nitrogens with zero attached hydrogens (tertiary/aromatic N) is 1. The fourth-order valence-electron chi connectivity index (χ4n) is 2.22. The Morgan fingerprint density at radius 3 is 2.70 bits per heavy atom. The van der Waals surface area contributed by atoms with Gasteiger partial charge < -0.3 is 15.0 Å². The van der Waals surface area contributed by atoms with Crippen LogP contribution in [0.5, 0.6) is 0 Å². The van der Waals surface area contributed by atoms with Gasteiger partial charge in [0.1, 0.15) is 13.3 Å². The van der Waals surface area contributed by atoms with Gasteiger partial charge in [-0.2, -0.15) is 13.2 Å². The molecule has 2 aromatic rings. The topological polar surface area (TPSA) is 40.2 Å². The molecule has 1 heterocycles. The van der Waals surface area contributed by atoms with Gasteiger partial charge in [0, 0.05) is 12.2 Å². The van der Waals surface area contributed by atoms with Crippen molar-refractivity contribution in [1.82, 2.24) is 4.57 Å². The lowest BCUT2D eigenvalue weighted by Gasteiger charge is -2.13. The number of benzene rings is 1. The molecule has 3 nitrogen and oxygen atoms in total. The molecule has 2 N–H and O–H groups in total. The van der Waals surface area contributed by atoms with Crippen molar-refractivity contribution in [3.05, 3.63) is 36.0 Å². The molecule has 20 heavy (non-hydrogen) atoms. The Labute approximate surface area is 115 Å². The lowest BCUT2D eigenvalue weighted by atomic mass is 10.0. The SMILES string of the molecule is CC(N)Cc1cccc2ccn(COCC(F)(F)F)c12. The van der Waals surface area contributed by atoms with Gasteiger partial charge in [-0.05, 0) is 30.4 Å². The third-order valence-corrected chi connectivity index (χ3v) is 2.91. The Balaban J connectivity index is 2.21. The summed E-state index contributed by atoms with van der Waals surface area (Å²) in [6.45, 7) is 0.521. The highest BCUT2D eigenvalue weighted by Gasteiger charge is 2.27. The molecule has 0 saturated heterocycles. The summed E-state index contributed by atoms with van der Waals surface area (Å²) >= 11 is 0. The third-order valence-electron chi connectivity index (χ3n) is 2.91. The molecule has 0 radical (unpaired) electrons. The van der Waals surface area contributed by atoms with Crippen LogP contribution in [0.3, 0.4) is 0 Å². The zero-order valence-corrected chi connectivity index (χ0v) is 11.2. The lowest BCUT2D eigenvalue weighted by molar-refractivity contribution is -0.181. The van der Waals surface area contributed by atoms with Gasteiger partial charge in [0.25, 0.3) is 0 Å². The van der Waals surface area contributed by atoms with Crippen LogP contribution >= 0.6 is 0 Å². The number of ether oxygens (including phenoxy) is 1. The first-order valence-electron chi connectivity index (χ1n) is 6.33. The monoisotopic (exact) mass is 286 g/mol. The Morgan fingerprint density at radius 1 is 1.30 bits per heavy atom. The van der Waals surface area contributed by atoms with Gasteiger partial charge in [0.05, 0.1) is 5.52 Å². The van der Waals surface area contributed by atoms with E-state index in [4.69, 9.17) is 10.5 Å². The molecule has 0 aliphatic rings. The first kappa shape index (κ1) is 14.9. The van der Waals surface area contributed by atoms with Gasteiger partial charge in [0.2, 0.25) is 0 Å². The Morgan fingerprint density at radius 2 is 2.05 bits per heavy atom. The minimum atomic E-state index is -4.31. The molecule has 0 aliphatic heterocycles. The Kier molecular flexibility index (Phi) is 4.35. The summed E-state index contributed by atoms with van der Waals surface area (Å²) in [5, 5.41) is 0.971. The van der Waals surface area contributed by atoms with Crippen LogP contribution in [0.25, 0.3) is 10.9 Å². The van der Waals surface area contributed by atoms with Crippen LogP contribution in [0.1, 0.15) is 12.5 Å². The normalized spacial score (nSPS) is 13.8. The third kappa shape index (κ3) is 3.74. The first-order valence-corrected chi connectivity index (χ1v) is 6.33. The van der Waals surface area contributed by atoms with Gasteiger partial charge in [-0.15, -0.1) is 0 Å². The molecule has 1 unspecified atom stereocenters. The van der Waals surface area contributed by atoms with Crippen LogP contribution in [-0.2, 0) is 17.9 Å². The predicted molar refractivity (Wildman–Crippen MR) is 71.3 cm³/mol. The zero-order chi connectivity index (χ0) is 14.8. The first-order chi connectivity index (χ1) is 9.37. The van der Waals surface area contributed by atoms with Gasteiger partial charge in [0.15, 0.2) is 0 Å². The highest BCUT2D eigenvalue weighted by atomic mass is 19.4. The van der Waals surface area contributed by atoms with Crippen molar-refractivity contribution in [2.45, 2.75) is 32.3 Å². The summed E-state index contributed by atoms with van der Waals surface area (Å²) in [4.78, 5) is 0. The van der Waals surface area contributed by atoms with Crippen LogP contribution in [0, 0.1) is 0 Å². The molecule has 1 aromatic carbocycles. The van der Waals surface area contributed by atoms with E-state index >= 15 is 0 Å². The zero-order valence-electron chi connectivity index (χ0n) is 11.2. The van der Waals surface area contributed by atoms with E-state index in [1.165, 1.54) is 0 Å². The molecule has 2 rings (SSSR count). The summed E-state index contributed by atoms with van der Waals surface area (Å²) < 4.78 is 42.7. The molecule has 0 spiro atoms. The number of hydrogen-bond donors (Lipinski definition) is 1. The van der Waals surface area contributed by atoms with E-state index in [2.05, 4.69) is 0 Å². The van der Waals surface area contributed by atoms with Crippen LogP contribution < -0.4 is 5.73 Å². The van der Waals surface area contributed by atoms with Crippen molar-refractivity contribution in [3.8, 4) is 0 Å². The summed E-state index contributed by atoms with van der Waals surface area (Å²) in [5.41, 5.74) is 7.70. The predicted octanol–water partition coefficient (Wildman–Crippen LogP) is 3.07. The highest BCUT2D eigenvalue weighted by molar-refractivity contribution is 5.83. The van der Waals surface area contributed by atoms with E-state index in [9.17, 15) is 13.2 Å². The quantitative estimate of drug-likeness (QED) is 0.917. The number of alkyl halides is 3. The standard InChI is InChI=1S/C14H17F3N2O/c1-10(18)7-12-4-2-3-11-5-6-19(13(11)12)9-20-8-14(15,16)17/h2-6,10H,7-9,18H2,1H3. The molecule has 0 bridgehead atoms. The van der Waals surface area contributed by atoms with E-state index in [1.807, 2.05) is 31.2 Å². The van der Waals surface area contributed by atoms with E-state index in [0.29, 0.717) is 6.42 Å². The Bertz CT molecular complexity index is 575. The van der Waals surface area contributed by atoms with Crippen LogP contribution in [0.15, 0.2) is 30.5 Å². The van der Waals surface area contributed by atoms with Crippen LogP contribution in [0.4, 0.5) is 13.2 Å². The fourth-order valence-corrected chi connectivity index (χ4v) is 2.22. The number of fused-ring (bicyclic) bond motifs is 1. The van der Waals surface area contributed by atoms with Crippen LogP contribution in [0.2, 0.25) is 0 Å². The van der Waals surface area contributed by atoms with Gasteiger partial charge in [-0.1, -0.05) is 18.2 Å².